The van der Waals surface area contributed by atoms with Crippen molar-refractivity contribution < 1.29 is 9.59 Å². The molecule has 5 nitrogen and oxygen atoms in total. The zero-order valence-corrected chi connectivity index (χ0v) is 15.1. The Kier molecular flexibility index (Phi) is 6.12. The number of rotatable bonds is 6. The van der Waals surface area contributed by atoms with E-state index in [1.165, 1.54) is 0 Å². The highest BCUT2D eigenvalue weighted by atomic mass is 16.1. The number of aryl methyl sites for hydroxylation is 1. The van der Waals surface area contributed by atoms with Gasteiger partial charge in [-0.1, -0.05) is 36.4 Å². The standard InChI is InChI=1S/C21H25N3O2/c1-24-14-12-17(13-15-24)21(26)18-8-5-9-19(22-18)23-20(25)11-10-16-6-3-2-4-7-16/h2-9,17H,10-15H2,1H3,(H,22,23,25). The van der Waals surface area contributed by atoms with Crippen molar-refractivity contribution in [1.29, 1.82) is 0 Å². The first-order valence-electron chi connectivity index (χ1n) is 9.15. The molecule has 0 unspecified atom stereocenters. The number of ketones is 1. The summed E-state index contributed by atoms with van der Waals surface area (Å²) < 4.78 is 0. The van der Waals surface area contributed by atoms with Crippen LogP contribution in [0.1, 0.15) is 35.3 Å². The monoisotopic (exact) mass is 351 g/mol. The largest absolute Gasteiger partial charge is 0.311 e. The van der Waals surface area contributed by atoms with Gasteiger partial charge < -0.3 is 10.2 Å². The Labute approximate surface area is 154 Å². The highest BCUT2D eigenvalue weighted by molar-refractivity contribution is 5.97. The molecule has 0 saturated carbocycles. The van der Waals surface area contributed by atoms with Gasteiger partial charge in [-0.15, -0.1) is 0 Å². The fourth-order valence-electron chi connectivity index (χ4n) is 3.23. The number of nitrogens with one attached hydrogen (secondary N) is 1. The van der Waals surface area contributed by atoms with Crippen molar-refractivity contribution in [2.24, 2.45) is 5.92 Å². The number of nitrogens with zero attached hydrogens (tertiary/aromatic N) is 2. The lowest BCUT2D eigenvalue weighted by atomic mass is 9.91. The number of benzene rings is 1. The Balaban J connectivity index is 1.56. The average molecular weight is 351 g/mol. The molecule has 2 aromatic rings. The molecule has 0 bridgehead atoms. The van der Waals surface area contributed by atoms with Gasteiger partial charge in [0, 0.05) is 12.3 Å². The zero-order chi connectivity index (χ0) is 18.4. The summed E-state index contributed by atoms with van der Waals surface area (Å²) in [6, 6.07) is 15.1. The van der Waals surface area contributed by atoms with Gasteiger partial charge in [0.1, 0.15) is 11.5 Å². The van der Waals surface area contributed by atoms with Crippen LogP contribution in [0.3, 0.4) is 0 Å². The summed E-state index contributed by atoms with van der Waals surface area (Å²) in [6.07, 6.45) is 2.80. The van der Waals surface area contributed by atoms with Crippen molar-refractivity contribution in [3.05, 3.63) is 59.8 Å². The van der Waals surface area contributed by atoms with Crippen LogP contribution in [-0.4, -0.2) is 41.7 Å². The van der Waals surface area contributed by atoms with Crippen molar-refractivity contribution in [2.45, 2.75) is 25.7 Å². The van der Waals surface area contributed by atoms with Crippen LogP contribution < -0.4 is 5.32 Å². The number of aromatic nitrogens is 1. The number of likely N-dealkylation sites (tertiary alicyclic amines) is 1. The molecule has 0 radical (unpaired) electrons. The summed E-state index contributed by atoms with van der Waals surface area (Å²) in [5, 5.41) is 2.81. The first-order valence-corrected chi connectivity index (χ1v) is 9.15. The fourth-order valence-corrected chi connectivity index (χ4v) is 3.23. The van der Waals surface area contributed by atoms with Crippen LogP contribution in [0.2, 0.25) is 0 Å². The van der Waals surface area contributed by atoms with Gasteiger partial charge in [-0.2, -0.15) is 0 Å². The first-order chi connectivity index (χ1) is 12.6. The predicted molar refractivity (Wildman–Crippen MR) is 102 cm³/mol. The predicted octanol–water partition coefficient (Wildman–Crippen LogP) is 3.18. The number of carbonyl (C=O) groups is 2. The van der Waals surface area contributed by atoms with E-state index in [-0.39, 0.29) is 17.6 Å². The van der Waals surface area contributed by atoms with Crippen LogP contribution in [0.15, 0.2) is 48.5 Å². The molecular formula is C21H25N3O2. The summed E-state index contributed by atoms with van der Waals surface area (Å²) in [5.41, 5.74) is 1.57. The van der Waals surface area contributed by atoms with E-state index in [1.807, 2.05) is 30.3 Å². The van der Waals surface area contributed by atoms with Crippen LogP contribution in [0, 0.1) is 5.92 Å². The number of anilines is 1. The van der Waals surface area contributed by atoms with Gasteiger partial charge in [0.2, 0.25) is 5.91 Å². The number of hydrogen-bond donors (Lipinski definition) is 1. The first kappa shape index (κ1) is 18.3. The van der Waals surface area contributed by atoms with Crippen molar-refractivity contribution >= 4 is 17.5 Å². The summed E-state index contributed by atoms with van der Waals surface area (Å²) in [5.74, 6) is 0.466. The molecule has 0 atom stereocenters. The van der Waals surface area contributed by atoms with Gasteiger partial charge in [-0.3, -0.25) is 9.59 Å². The molecule has 1 aliphatic rings. The van der Waals surface area contributed by atoms with Gasteiger partial charge in [-0.05, 0) is 57.1 Å². The van der Waals surface area contributed by atoms with Crippen molar-refractivity contribution in [3.63, 3.8) is 0 Å². The Hall–Kier alpha value is -2.53. The minimum absolute atomic E-state index is 0.0303. The third-order valence-corrected chi connectivity index (χ3v) is 4.84. The maximum absolute atomic E-state index is 12.7. The second-order valence-electron chi connectivity index (χ2n) is 6.88. The molecule has 3 rings (SSSR count). The molecule has 0 spiro atoms. The van der Waals surface area contributed by atoms with E-state index < -0.39 is 0 Å². The van der Waals surface area contributed by atoms with E-state index >= 15 is 0 Å². The van der Waals surface area contributed by atoms with Gasteiger partial charge in [0.15, 0.2) is 5.78 Å². The third kappa shape index (κ3) is 4.99. The highest BCUT2D eigenvalue weighted by Gasteiger charge is 2.25. The zero-order valence-electron chi connectivity index (χ0n) is 15.1. The quantitative estimate of drug-likeness (QED) is 0.812. The molecule has 1 aliphatic heterocycles. The van der Waals surface area contributed by atoms with E-state index in [0.717, 1.165) is 31.5 Å². The topological polar surface area (TPSA) is 62.3 Å². The summed E-state index contributed by atoms with van der Waals surface area (Å²) in [4.78, 5) is 31.4. The summed E-state index contributed by atoms with van der Waals surface area (Å²) in [7, 11) is 2.07. The Morgan fingerprint density at radius 3 is 2.54 bits per heavy atom. The SMILES string of the molecule is CN1CCC(C(=O)c2cccc(NC(=O)CCc3ccccc3)n2)CC1. The number of pyridine rings is 1. The smallest absolute Gasteiger partial charge is 0.225 e. The molecule has 2 heterocycles. The van der Waals surface area contributed by atoms with Crippen LogP contribution in [-0.2, 0) is 11.2 Å². The molecule has 1 N–H and O–H groups in total. The van der Waals surface area contributed by atoms with Crippen LogP contribution in [0.5, 0.6) is 0 Å². The van der Waals surface area contributed by atoms with Crippen LogP contribution in [0.25, 0.3) is 0 Å². The number of hydrogen-bond acceptors (Lipinski definition) is 4. The van der Waals surface area contributed by atoms with E-state index in [2.05, 4.69) is 22.2 Å². The second-order valence-corrected chi connectivity index (χ2v) is 6.88. The van der Waals surface area contributed by atoms with Crippen LogP contribution >= 0.6 is 0 Å². The van der Waals surface area contributed by atoms with Crippen LogP contribution in [0.4, 0.5) is 5.82 Å². The minimum Gasteiger partial charge on any atom is -0.311 e. The fraction of sp³-hybridized carbons (Fsp3) is 0.381. The molecule has 26 heavy (non-hydrogen) atoms. The second kappa shape index (κ2) is 8.72. The Morgan fingerprint density at radius 1 is 1.08 bits per heavy atom. The summed E-state index contributed by atoms with van der Waals surface area (Å²) in [6.45, 7) is 1.87. The third-order valence-electron chi connectivity index (χ3n) is 4.84. The van der Waals surface area contributed by atoms with E-state index in [4.69, 9.17) is 0 Å². The summed E-state index contributed by atoms with van der Waals surface area (Å²) >= 11 is 0. The maximum atomic E-state index is 12.7. The molecule has 1 aromatic carbocycles. The molecule has 1 fully saturated rings. The Morgan fingerprint density at radius 2 is 1.81 bits per heavy atom. The van der Waals surface area contributed by atoms with Gasteiger partial charge in [-0.25, -0.2) is 4.98 Å². The Bertz CT molecular complexity index is 753. The van der Waals surface area contributed by atoms with Gasteiger partial charge in [0.05, 0.1) is 0 Å². The molecular weight excluding hydrogens is 326 g/mol. The van der Waals surface area contributed by atoms with E-state index in [9.17, 15) is 9.59 Å². The molecule has 1 aromatic heterocycles. The van der Waals surface area contributed by atoms with E-state index in [1.54, 1.807) is 18.2 Å². The molecule has 136 valence electrons. The minimum atomic E-state index is -0.0924. The van der Waals surface area contributed by atoms with E-state index in [0.29, 0.717) is 24.4 Å². The molecule has 5 heteroatoms. The van der Waals surface area contributed by atoms with Gasteiger partial charge in [0.25, 0.3) is 0 Å². The van der Waals surface area contributed by atoms with Crippen molar-refractivity contribution in [3.8, 4) is 0 Å². The van der Waals surface area contributed by atoms with Crippen molar-refractivity contribution in [2.75, 3.05) is 25.5 Å². The normalized spacial score (nSPS) is 15.6. The number of carbonyl (C=O) groups excluding carboxylic acids is 2. The molecule has 1 saturated heterocycles. The molecule has 0 aliphatic carbocycles. The number of amides is 1. The average Bonchev–Trinajstić information content (AvgIpc) is 2.67. The van der Waals surface area contributed by atoms with Gasteiger partial charge >= 0.3 is 0 Å². The lowest BCUT2D eigenvalue weighted by Gasteiger charge is -2.27. The lowest BCUT2D eigenvalue weighted by molar-refractivity contribution is -0.116. The lowest BCUT2D eigenvalue weighted by Crippen LogP contribution is -2.33. The van der Waals surface area contributed by atoms with Crippen molar-refractivity contribution in [1.82, 2.24) is 9.88 Å². The number of Topliss-reactive ketones (excluding diaryl/α,β-unsaturated/α-hetero) is 1. The maximum Gasteiger partial charge on any atom is 0.225 e. The molecule has 1 amide bonds. The number of piperidine rings is 1. The highest BCUT2D eigenvalue weighted by Crippen LogP contribution is 2.21.